The van der Waals surface area contributed by atoms with Gasteiger partial charge in [0.2, 0.25) is 15.0 Å². The molecule has 2 heterocycles. The second kappa shape index (κ2) is 7.43. The molecule has 0 fully saturated rings. The minimum absolute atomic E-state index is 0.141. The molecule has 29 heavy (non-hydrogen) atoms. The van der Waals surface area contributed by atoms with Crippen LogP contribution < -0.4 is 11.0 Å². The average Bonchev–Trinajstić information content (AvgIpc) is 2.84. The van der Waals surface area contributed by atoms with E-state index in [0.717, 1.165) is 11.8 Å². The number of aromatic nitrogens is 4. The molecule has 2 N–H and O–H groups in total. The first-order valence-corrected chi connectivity index (χ1v) is 11.0. The van der Waals surface area contributed by atoms with Gasteiger partial charge in [0.25, 0.3) is 0 Å². The second-order valence-corrected chi connectivity index (χ2v) is 9.82. The summed E-state index contributed by atoms with van der Waals surface area (Å²) in [6.07, 6.45) is 2.63. The standard InChI is InChI=1S/C18H22ClN5O4S/c1-18(2,26)7-8-24-14-9-11(5-6-13(14)23(3)17(24)25)21-15-12(19)10-20-16(22-15)29(4,27)28/h5-6,9-10,26H,7-8H2,1-4H3,(H,20,21,22). The van der Waals surface area contributed by atoms with Gasteiger partial charge in [0.15, 0.2) is 5.82 Å². The molecule has 9 nitrogen and oxygen atoms in total. The number of nitrogens with zero attached hydrogens (tertiary/aromatic N) is 4. The highest BCUT2D eigenvalue weighted by Crippen LogP contribution is 2.26. The molecule has 0 atom stereocenters. The molecule has 0 aliphatic carbocycles. The summed E-state index contributed by atoms with van der Waals surface area (Å²) in [6, 6.07) is 5.26. The lowest BCUT2D eigenvalue weighted by Gasteiger charge is -2.17. The monoisotopic (exact) mass is 439 g/mol. The van der Waals surface area contributed by atoms with Gasteiger partial charge in [-0.1, -0.05) is 11.6 Å². The molecule has 0 unspecified atom stereocenters. The minimum Gasteiger partial charge on any atom is -0.390 e. The molecule has 156 valence electrons. The van der Waals surface area contributed by atoms with Crippen LogP contribution >= 0.6 is 11.6 Å². The van der Waals surface area contributed by atoms with Gasteiger partial charge >= 0.3 is 5.69 Å². The number of sulfone groups is 1. The summed E-state index contributed by atoms with van der Waals surface area (Å²) in [7, 11) is -1.91. The Labute approximate surface area is 172 Å². The van der Waals surface area contributed by atoms with Gasteiger partial charge in [-0.2, -0.15) is 4.98 Å². The van der Waals surface area contributed by atoms with Crippen LogP contribution in [0.3, 0.4) is 0 Å². The van der Waals surface area contributed by atoms with Crippen molar-refractivity contribution in [3.63, 3.8) is 0 Å². The molecule has 2 aromatic heterocycles. The van der Waals surface area contributed by atoms with Crippen LogP contribution in [0, 0.1) is 0 Å². The van der Waals surface area contributed by atoms with E-state index in [1.165, 1.54) is 10.8 Å². The third-order valence-electron chi connectivity index (χ3n) is 4.41. The van der Waals surface area contributed by atoms with Crippen molar-refractivity contribution >= 4 is 44.0 Å². The van der Waals surface area contributed by atoms with Crippen LogP contribution in [-0.4, -0.2) is 44.5 Å². The van der Waals surface area contributed by atoms with Gasteiger partial charge in [-0.15, -0.1) is 0 Å². The molecule has 0 aliphatic rings. The highest BCUT2D eigenvalue weighted by molar-refractivity contribution is 7.90. The van der Waals surface area contributed by atoms with Crippen LogP contribution in [-0.2, 0) is 23.4 Å². The Hall–Kier alpha value is -2.43. The molecule has 0 spiro atoms. The lowest BCUT2D eigenvalue weighted by Crippen LogP contribution is -2.27. The van der Waals surface area contributed by atoms with Crippen molar-refractivity contribution in [2.75, 3.05) is 11.6 Å². The Kier molecular flexibility index (Phi) is 5.46. The topological polar surface area (TPSA) is 119 Å². The zero-order chi connectivity index (χ0) is 21.6. The summed E-state index contributed by atoms with van der Waals surface area (Å²) in [4.78, 5) is 20.3. The predicted octanol–water partition coefficient (Wildman–Crippen LogP) is 2.09. The number of benzene rings is 1. The van der Waals surface area contributed by atoms with Crippen LogP contribution in [0.15, 0.2) is 34.3 Å². The molecule has 11 heteroatoms. The van der Waals surface area contributed by atoms with Crippen LogP contribution in [0.1, 0.15) is 20.3 Å². The fraction of sp³-hybridized carbons (Fsp3) is 0.389. The van der Waals surface area contributed by atoms with E-state index < -0.39 is 15.4 Å². The highest BCUT2D eigenvalue weighted by Gasteiger charge is 2.18. The Bertz CT molecular complexity index is 1240. The van der Waals surface area contributed by atoms with Crippen LogP contribution in [0.5, 0.6) is 0 Å². The third-order valence-corrected chi connectivity index (χ3v) is 5.55. The number of rotatable bonds is 6. The Morgan fingerprint density at radius 2 is 1.97 bits per heavy atom. The molecular formula is C18H22ClN5O4S. The van der Waals surface area contributed by atoms with Gasteiger partial charge in [-0.3, -0.25) is 9.13 Å². The van der Waals surface area contributed by atoms with Crippen molar-refractivity contribution < 1.29 is 13.5 Å². The maximum absolute atomic E-state index is 12.6. The molecule has 3 rings (SSSR count). The Morgan fingerprint density at radius 1 is 1.28 bits per heavy atom. The fourth-order valence-corrected chi connectivity index (χ4v) is 3.48. The van der Waals surface area contributed by atoms with Crippen LogP contribution in [0.2, 0.25) is 5.02 Å². The van der Waals surface area contributed by atoms with Crippen molar-refractivity contribution in [2.24, 2.45) is 7.05 Å². The van der Waals surface area contributed by atoms with E-state index in [1.807, 2.05) is 0 Å². The van der Waals surface area contributed by atoms with Crippen molar-refractivity contribution in [2.45, 2.75) is 37.6 Å². The summed E-state index contributed by atoms with van der Waals surface area (Å²) < 4.78 is 26.5. The molecule has 3 aromatic rings. The van der Waals surface area contributed by atoms with Crippen LogP contribution in [0.4, 0.5) is 11.5 Å². The quantitative estimate of drug-likeness (QED) is 0.564. The molecule has 0 saturated carbocycles. The maximum atomic E-state index is 12.6. The van der Waals surface area contributed by atoms with Crippen molar-refractivity contribution in [3.8, 4) is 0 Å². The van der Waals surface area contributed by atoms with E-state index in [2.05, 4.69) is 15.3 Å². The number of halogens is 1. The number of hydrogen-bond acceptors (Lipinski definition) is 7. The summed E-state index contributed by atoms with van der Waals surface area (Å²) >= 11 is 6.11. The zero-order valence-corrected chi connectivity index (χ0v) is 18.0. The summed E-state index contributed by atoms with van der Waals surface area (Å²) in [6.45, 7) is 3.72. The summed E-state index contributed by atoms with van der Waals surface area (Å²) in [5.41, 5.74) is 0.858. The molecule has 1 aromatic carbocycles. The van der Waals surface area contributed by atoms with Crippen molar-refractivity contribution in [1.82, 2.24) is 19.1 Å². The number of imidazole rings is 1. The Morgan fingerprint density at radius 3 is 2.59 bits per heavy atom. The minimum atomic E-state index is -3.59. The van der Waals surface area contributed by atoms with Gasteiger partial charge in [-0.05, 0) is 38.5 Å². The van der Waals surface area contributed by atoms with Gasteiger partial charge in [0, 0.05) is 25.5 Å². The number of aryl methyl sites for hydroxylation is 2. The first kappa shape index (κ1) is 21.3. The lowest BCUT2D eigenvalue weighted by molar-refractivity contribution is 0.0662. The molecular weight excluding hydrogens is 418 g/mol. The SMILES string of the molecule is Cn1c(=O)n(CCC(C)(C)O)c2cc(Nc3nc(S(C)(=O)=O)ncc3Cl)ccc21. The fourth-order valence-electron chi connectivity index (χ4n) is 2.84. The van der Waals surface area contributed by atoms with E-state index in [9.17, 15) is 18.3 Å². The molecule has 0 radical (unpaired) electrons. The maximum Gasteiger partial charge on any atom is 0.328 e. The van der Waals surface area contributed by atoms with E-state index in [0.29, 0.717) is 24.2 Å². The van der Waals surface area contributed by atoms with E-state index in [1.54, 1.807) is 43.7 Å². The molecule has 0 aliphatic heterocycles. The largest absolute Gasteiger partial charge is 0.390 e. The van der Waals surface area contributed by atoms with E-state index in [-0.39, 0.29) is 21.7 Å². The van der Waals surface area contributed by atoms with E-state index in [4.69, 9.17) is 11.6 Å². The van der Waals surface area contributed by atoms with Gasteiger partial charge < -0.3 is 10.4 Å². The van der Waals surface area contributed by atoms with Gasteiger partial charge in [-0.25, -0.2) is 18.2 Å². The van der Waals surface area contributed by atoms with Crippen molar-refractivity contribution in [1.29, 1.82) is 0 Å². The number of hydrogen-bond donors (Lipinski definition) is 2. The van der Waals surface area contributed by atoms with Crippen molar-refractivity contribution in [3.05, 3.63) is 39.9 Å². The zero-order valence-electron chi connectivity index (χ0n) is 16.5. The first-order valence-electron chi connectivity index (χ1n) is 8.78. The number of nitrogens with one attached hydrogen (secondary N) is 1. The number of fused-ring (bicyclic) bond motifs is 1. The van der Waals surface area contributed by atoms with E-state index >= 15 is 0 Å². The van der Waals surface area contributed by atoms with Gasteiger partial charge in [0.05, 0.1) is 22.8 Å². The summed E-state index contributed by atoms with van der Waals surface area (Å²) in [5, 5.41) is 12.8. The average molecular weight is 440 g/mol. The second-order valence-electron chi connectivity index (χ2n) is 7.51. The number of anilines is 2. The Balaban J connectivity index is 2.03. The van der Waals surface area contributed by atoms with Gasteiger partial charge in [0.1, 0.15) is 5.02 Å². The first-order chi connectivity index (χ1) is 13.4. The number of aliphatic hydroxyl groups is 1. The predicted molar refractivity (Wildman–Crippen MR) is 112 cm³/mol. The summed E-state index contributed by atoms with van der Waals surface area (Å²) in [5.74, 6) is 0.141. The molecule has 0 amide bonds. The van der Waals surface area contributed by atoms with Crippen LogP contribution in [0.25, 0.3) is 11.0 Å². The highest BCUT2D eigenvalue weighted by atomic mass is 35.5. The normalized spacial score (nSPS) is 12.5. The third kappa shape index (κ3) is 4.60. The smallest absolute Gasteiger partial charge is 0.328 e. The molecule has 0 saturated heterocycles. The molecule has 0 bridgehead atoms. The lowest BCUT2D eigenvalue weighted by atomic mass is 10.1.